The molecule has 1 N–H and O–H groups in total. The molecule has 0 aromatic carbocycles. The molecule has 1 aliphatic carbocycles. The van der Waals surface area contributed by atoms with E-state index in [4.69, 9.17) is 4.52 Å². The van der Waals surface area contributed by atoms with Crippen molar-refractivity contribution < 1.29 is 14.4 Å². The molecule has 1 fully saturated rings. The van der Waals surface area contributed by atoms with Crippen LogP contribution in [-0.4, -0.2) is 45.8 Å². The highest BCUT2D eigenvalue weighted by Crippen LogP contribution is 2.38. The van der Waals surface area contributed by atoms with Crippen LogP contribution in [0.4, 0.5) is 0 Å². The lowest BCUT2D eigenvalue weighted by Gasteiger charge is -2.21. The Bertz CT molecular complexity index is 454. The number of amides is 1. The van der Waals surface area contributed by atoms with Crippen molar-refractivity contribution in [2.75, 3.05) is 13.6 Å². The number of carbonyl (C=O) groups excluding carboxylic acids is 1. The Morgan fingerprint density at radius 1 is 1.50 bits per heavy atom. The van der Waals surface area contributed by atoms with E-state index in [-0.39, 0.29) is 5.91 Å². The van der Waals surface area contributed by atoms with E-state index in [1.807, 2.05) is 13.8 Å². The number of likely N-dealkylation sites (N-methyl/N-ethyl adjacent to an activating group) is 1. The topological polar surface area (TPSA) is 79.5 Å². The summed E-state index contributed by atoms with van der Waals surface area (Å²) in [6.45, 7) is 4.45. The minimum absolute atomic E-state index is 0.246. The Kier molecular flexibility index (Phi) is 4.75. The molecule has 0 bridgehead atoms. The fourth-order valence-corrected chi connectivity index (χ4v) is 2.04. The summed E-state index contributed by atoms with van der Waals surface area (Å²) >= 11 is 0. The van der Waals surface area contributed by atoms with E-state index in [2.05, 4.69) is 10.1 Å². The first-order valence-electron chi connectivity index (χ1n) is 7.23. The SMILES string of the molecule is CC(C)C[C@@H](O)C(=O)N(C)CCc1noc(C2CC2)n1. The van der Waals surface area contributed by atoms with Gasteiger partial charge in [0.1, 0.15) is 6.10 Å². The quantitative estimate of drug-likeness (QED) is 0.816. The van der Waals surface area contributed by atoms with Crippen molar-refractivity contribution in [3.63, 3.8) is 0 Å². The zero-order chi connectivity index (χ0) is 14.7. The maximum absolute atomic E-state index is 11.9. The van der Waals surface area contributed by atoms with Crippen LogP contribution in [0.3, 0.4) is 0 Å². The molecule has 2 rings (SSSR count). The third-order valence-corrected chi connectivity index (χ3v) is 3.44. The number of aliphatic hydroxyl groups is 1. The number of hydrogen-bond acceptors (Lipinski definition) is 5. The van der Waals surface area contributed by atoms with Crippen LogP contribution in [0.1, 0.15) is 50.7 Å². The first-order chi connectivity index (χ1) is 9.47. The largest absolute Gasteiger partial charge is 0.383 e. The van der Waals surface area contributed by atoms with Gasteiger partial charge in [0.25, 0.3) is 5.91 Å². The van der Waals surface area contributed by atoms with Gasteiger partial charge < -0.3 is 14.5 Å². The highest BCUT2D eigenvalue weighted by molar-refractivity contribution is 5.80. The molecule has 6 heteroatoms. The van der Waals surface area contributed by atoms with Gasteiger partial charge in [-0.2, -0.15) is 4.98 Å². The fourth-order valence-electron chi connectivity index (χ4n) is 2.04. The molecule has 1 amide bonds. The summed E-state index contributed by atoms with van der Waals surface area (Å²) in [6.07, 6.45) is 2.36. The van der Waals surface area contributed by atoms with E-state index in [0.717, 1.165) is 12.8 Å². The number of carbonyl (C=O) groups is 1. The summed E-state index contributed by atoms with van der Waals surface area (Å²) in [4.78, 5) is 17.8. The number of rotatable bonds is 7. The van der Waals surface area contributed by atoms with Gasteiger partial charge in [-0.1, -0.05) is 19.0 Å². The van der Waals surface area contributed by atoms with E-state index in [1.165, 1.54) is 4.90 Å². The van der Waals surface area contributed by atoms with E-state index in [9.17, 15) is 9.90 Å². The Morgan fingerprint density at radius 2 is 2.20 bits per heavy atom. The highest BCUT2D eigenvalue weighted by atomic mass is 16.5. The molecule has 1 aromatic heterocycles. The van der Waals surface area contributed by atoms with Gasteiger partial charge in [-0.25, -0.2) is 0 Å². The minimum Gasteiger partial charge on any atom is -0.383 e. The Balaban J connectivity index is 1.78. The first-order valence-corrected chi connectivity index (χ1v) is 7.23. The number of nitrogens with zero attached hydrogens (tertiary/aromatic N) is 3. The summed E-state index contributed by atoms with van der Waals surface area (Å²) in [7, 11) is 1.69. The molecule has 0 unspecified atom stereocenters. The van der Waals surface area contributed by atoms with E-state index < -0.39 is 6.10 Å². The van der Waals surface area contributed by atoms with Gasteiger partial charge in [0, 0.05) is 25.9 Å². The van der Waals surface area contributed by atoms with Crippen LogP contribution in [0.2, 0.25) is 0 Å². The Labute approximate surface area is 119 Å². The third kappa shape index (κ3) is 4.03. The molecule has 1 aromatic rings. The van der Waals surface area contributed by atoms with E-state index in [0.29, 0.717) is 42.9 Å². The number of aliphatic hydroxyl groups excluding tert-OH is 1. The number of aromatic nitrogens is 2. The average Bonchev–Trinajstić information content (AvgIpc) is 3.13. The molecule has 112 valence electrons. The van der Waals surface area contributed by atoms with Crippen LogP contribution < -0.4 is 0 Å². The van der Waals surface area contributed by atoms with E-state index in [1.54, 1.807) is 7.05 Å². The van der Waals surface area contributed by atoms with Crippen LogP contribution >= 0.6 is 0 Å². The second kappa shape index (κ2) is 6.35. The standard InChI is InChI=1S/C14H23N3O3/c1-9(2)8-11(18)14(19)17(3)7-6-12-15-13(20-16-12)10-4-5-10/h9-11,18H,4-8H2,1-3H3/t11-/m1/s1. The van der Waals surface area contributed by atoms with Crippen LogP contribution in [0.25, 0.3) is 0 Å². The minimum atomic E-state index is -0.924. The molecule has 0 aliphatic heterocycles. The average molecular weight is 281 g/mol. The lowest BCUT2D eigenvalue weighted by molar-refractivity contribution is -0.139. The zero-order valence-electron chi connectivity index (χ0n) is 12.4. The molecule has 1 atom stereocenters. The molecule has 0 radical (unpaired) electrons. The first kappa shape index (κ1) is 15.0. The summed E-state index contributed by atoms with van der Waals surface area (Å²) in [5, 5.41) is 13.7. The van der Waals surface area contributed by atoms with Gasteiger partial charge in [-0.15, -0.1) is 0 Å². The molecule has 1 aliphatic rings. The maximum atomic E-state index is 11.9. The van der Waals surface area contributed by atoms with Gasteiger partial charge >= 0.3 is 0 Å². The molecule has 0 saturated heterocycles. The van der Waals surface area contributed by atoms with Crippen molar-refractivity contribution >= 4 is 5.91 Å². The fraction of sp³-hybridized carbons (Fsp3) is 0.786. The maximum Gasteiger partial charge on any atom is 0.251 e. The lowest BCUT2D eigenvalue weighted by Crippen LogP contribution is -2.38. The van der Waals surface area contributed by atoms with Crippen molar-refractivity contribution in [2.45, 2.75) is 51.6 Å². The van der Waals surface area contributed by atoms with Crippen LogP contribution in [-0.2, 0) is 11.2 Å². The highest BCUT2D eigenvalue weighted by Gasteiger charge is 2.29. The molecular weight excluding hydrogens is 258 g/mol. The molecule has 1 heterocycles. The molecule has 20 heavy (non-hydrogen) atoms. The van der Waals surface area contributed by atoms with Gasteiger partial charge in [0.15, 0.2) is 5.82 Å². The Morgan fingerprint density at radius 3 is 2.80 bits per heavy atom. The van der Waals surface area contributed by atoms with Crippen molar-refractivity contribution in [2.24, 2.45) is 5.92 Å². The van der Waals surface area contributed by atoms with Crippen molar-refractivity contribution in [1.82, 2.24) is 15.0 Å². The molecular formula is C14H23N3O3. The van der Waals surface area contributed by atoms with Gasteiger partial charge in [-0.05, 0) is 25.2 Å². The van der Waals surface area contributed by atoms with Crippen molar-refractivity contribution in [3.05, 3.63) is 11.7 Å². The lowest BCUT2D eigenvalue weighted by atomic mass is 10.1. The predicted molar refractivity (Wildman–Crippen MR) is 73.1 cm³/mol. The van der Waals surface area contributed by atoms with Crippen LogP contribution in [0, 0.1) is 5.92 Å². The van der Waals surface area contributed by atoms with Crippen molar-refractivity contribution in [3.8, 4) is 0 Å². The van der Waals surface area contributed by atoms with Crippen LogP contribution in [0.5, 0.6) is 0 Å². The second-order valence-electron chi connectivity index (χ2n) is 5.98. The third-order valence-electron chi connectivity index (χ3n) is 3.44. The van der Waals surface area contributed by atoms with Gasteiger partial charge in [0.2, 0.25) is 5.89 Å². The summed E-state index contributed by atoms with van der Waals surface area (Å²) in [6, 6.07) is 0. The number of hydrogen-bond donors (Lipinski definition) is 1. The molecule has 1 saturated carbocycles. The second-order valence-corrected chi connectivity index (χ2v) is 5.98. The summed E-state index contributed by atoms with van der Waals surface area (Å²) in [5.41, 5.74) is 0. The van der Waals surface area contributed by atoms with Gasteiger partial charge in [0.05, 0.1) is 0 Å². The van der Waals surface area contributed by atoms with Gasteiger partial charge in [-0.3, -0.25) is 4.79 Å². The summed E-state index contributed by atoms with van der Waals surface area (Å²) < 4.78 is 5.17. The van der Waals surface area contributed by atoms with E-state index >= 15 is 0 Å². The monoisotopic (exact) mass is 281 g/mol. The molecule has 6 nitrogen and oxygen atoms in total. The normalized spacial score (nSPS) is 16.4. The van der Waals surface area contributed by atoms with Crippen molar-refractivity contribution in [1.29, 1.82) is 0 Å². The predicted octanol–water partition coefficient (Wildman–Crippen LogP) is 1.35. The molecule has 0 spiro atoms. The smallest absolute Gasteiger partial charge is 0.251 e. The zero-order valence-corrected chi connectivity index (χ0v) is 12.4. The Hall–Kier alpha value is -1.43. The summed E-state index contributed by atoms with van der Waals surface area (Å²) in [5.74, 6) is 1.84. The van der Waals surface area contributed by atoms with Crippen LogP contribution in [0.15, 0.2) is 4.52 Å².